The molecule has 1 aliphatic rings. The Morgan fingerprint density at radius 1 is 0.944 bits per heavy atom. The number of benzene rings is 3. The summed E-state index contributed by atoms with van der Waals surface area (Å²) in [6.07, 6.45) is -0.473. The van der Waals surface area contributed by atoms with Crippen molar-refractivity contribution in [3.63, 3.8) is 0 Å². The first-order valence-corrected chi connectivity index (χ1v) is 11.9. The highest BCUT2D eigenvalue weighted by Crippen LogP contribution is 2.25. The zero-order chi connectivity index (χ0) is 25.7. The standard InChI is InChI=1S/C27H26ClF3N2O3/c1-35-25-10-7-19(15-24(25)31)27(34)33-13-11-32(12-14-33)16-26(18-5-8-20(28)9-6-18)36-17-21-22(29)3-2-4-23(21)30/h2-10,15,26H,11-14,16-17H2,1H3/t26-/m0/s1. The average Bonchev–Trinajstić information content (AvgIpc) is 2.88. The van der Waals surface area contributed by atoms with E-state index in [0.717, 1.165) is 5.56 Å². The number of ether oxygens (including phenoxy) is 2. The molecule has 0 unspecified atom stereocenters. The summed E-state index contributed by atoms with van der Waals surface area (Å²) >= 11 is 6.03. The molecule has 0 N–H and O–H groups in total. The van der Waals surface area contributed by atoms with Crippen LogP contribution in [0.4, 0.5) is 13.2 Å². The van der Waals surface area contributed by atoms with E-state index in [0.29, 0.717) is 37.7 Å². The molecule has 1 amide bonds. The van der Waals surface area contributed by atoms with Gasteiger partial charge in [0.2, 0.25) is 0 Å². The predicted molar refractivity (Wildman–Crippen MR) is 131 cm³/mol. The molecule has 1 fully saturated rings. The van der Waals surface area contributed by atoms with Gasteiger partial charge in [-0.3, -0.25) is 9.69 Å². The maximum absolute atomic E-state index is 14.1. The number of amides is 1. The molecule has 0 saturated carbocycles. The summed E-state index contributed by atoms with van der Waals surface area (Å²) in [5, 5.41) is 0.569. The lowest BCUT2D eigenvalue weighted by Crippen LogP contribution is -2.49. The van der Waals surface area contributed by atoms with E-state index < -0.39 is 23.6 Å². The number of hydrogen-bond donors (Lipinski definition) is 0. The van der Waals surface area contributed by atoms with Gasteiger partial charge >= 0.3 is 0 Å². The molecule has 1 atom stereocenters. The maximum atomic E-state index is 14.1. The molecular formula is C27H26ClF3N2O3. The van der Waals surface area contributed by atoms with Crippen molar-refractivity contribution in [3.05, 3.63) is 99.8 Å². The van der Waals surface area contributed by atoms with Crippen LogP contribution in [0.1, 0.15) is 27.6 Å². The van der Waals surface area contributed by atoms with E-state index in [4.69, 9.17) is 21.1 Å². The average molecular weight is 519 g/mol. The molecule has 190 valence electrons. The molecule has 0 aliphatic carbocycles. The highest BCUT2D eigenvalue weighted by Gasteiger charge is 2.26. The van der Waals surface area contributed by atoms with Gasteiger partial charge in [-0.1, -0.05) is 29.8 Å². The zero-order valence-electron chi connectivity index (χ0n) is 19.7. The first-order valence-electron chi connectivity index (χ1n) is 11.5. The van der Waals surface area contributed by atoms with Crippen LogP contribution in [0.2, 0.25) is 5.02 Å². The molecule has 0 radical (unpaired) electrons. The number of carbonyl (C=O) groups is 1. The Kier molecular flexibility index (Phi) is 8.51. The Morgan fingerprint density at radius 3 is 2.22 bits per heavy atom. The summed E-state index contributed by atoms with van der Waals surface area (Å²) in [4.78, 5) is 16.6. The largest absolute Gasteiger partial charge is 0.494 e. The van der Waals surface area contributed by atoms with Crippen LogP contribution in [0.5, 0.6) is 5.75 Å². The fourth-order valence-corrected chi connectivity index (χ4v) is 4.26. The molecule has 1 saturated heterocycles. The zero-order valence-corrected chi connectivity index (χ0v) is 20.5. The van der Waals surface area contributed by atoms with Gasteiger partial charge in [-0.25, -0.2) is 13.2 Å². The number of nitrogens with zero attached hydrogens (tertiary/aromatic N) is 2. The lowest BCUT2D eigenvalue weighted by atomic mass is 10.1. The first-order chi connectivity index (χ1) is 17.4. The summed E-state index contributed by atoms with van der Waals surface area (Å²) in [5.41, 5.74) is 0.956. The van der Waals surface area contributed by atoms with Crippen molar-refractivity contribution in [2.45, 2.75) is 12.7 Å². The van der Waals surface area contributed by atoms with Gasteiger partial charge < -0.3 is 14.4 Å². The van der Waals surface area contributed by atoms with Crippen LogP contribution in [0.25, 0.3) is 0 Å². The molecule has 4 rings (SSSR count). The summed E-state index contributed by atoms with van der Waals surface area (Å²) < 4.78 is 53.2. The van der Waals surface area contributed by atoms with E-state index >= 15 is 0 Å². The number of hydrogen-bond acceptors (Lipinski definition) is 4. The smallest absolute Gasteiger partial charge is 0.254 e. The molecular weight excluding hydrogens is 493 g/mol. The Balaban J connectivity index is 1.41. The van der Waals surface area contributed by atoms with E-state index in [-0.39, 0.29) is 29.4 Å². The van der Waals surface area contributed by atoms with E-state index in [9.17, 15) is 18.0 Å². The molecule has 3 aromatic rings. The van der Waals surface area contributed by atoms with Gasteiger partial charge in [0.25, 0.3) is 5.91 Å². The fraction of sp³-hybridized carbons (Fsp3) is 0.296. The van der Waals surface area contributed by atoms with Crippen LogP contribution in [-0.2, 0) is 11.3 Å². The summed E-state index contributed by atoms with van der Waals surface area (Å²) in [6.45, 7) is 2.24. The molecule has 36 heavy (non-hydrogen) atoms. The van der Waals surface area contributed by atoms with Crippen LogP contribution in [0.3, 0.4) is 0 Å². The third-order valence-corrected chi connectivity index (χ3v) is 6.47. The van der Waals surface area contributed by atoms with Gasteiger partial charge in [-0.2, -0.15) is 0 Å². The Hall–Kier alpha value is -3.07. The second kappa shape index (κ2) is 11.8. The third kappa shape index (κ3) is 6.19. The van der Waals surface area contributed by atoms with Gasteiger partial charge in [0, 0.05) is 48.9 Å². The highest BCUT2D eigenvalue weighted by molar-refractivity contribution is 6.30. The molecule has 3 aromatic carbocycles. The minimum atomic E-state index is -0.660. The number of carbonyl (C=O) groups excluding carboxylic acids is 1. The van der Waals surface area contributed by atoms with Crippen LogP contribution < -0.4 is 4.74 Å². The van der Waals surface area contributed by atoms with Gasteiger partial charge in [0.05, 0.1) is 19.8 Å². The van der Waals surface area contributed by atoms with Crippen LogP contribution in [-0.4, -0.2) is 55.5 Å². The molecule has 5 nitrogen and oxygen atoms in total. The molecule has 9 heteroatoms. The molecule has 0 bridgehead atoms. The Labute approximate surface area is 213 Å². The first kappa shape index (κ1) is 26.0. The summed E-state index contributed by atoms with van der Waals surface area (Å²) in [7, 11) is 1.37. The molecule has 0 spiro atoms. The van der Waals surface area contributed by atoms with Crippen molar-refractivity contribution in [1.82, 2.24) is 9.80 Å². The quantitative estimate of drug-likeness (QED) is 0.396. The number of halogens is 4. The maximum Gasteiger partial charge on any atom is 0.254 e. The second-order valence-corrected chi connectivity index (χ2v) is 8.93. The molecule has 1 heterocycles. The Morgan fingerprint density at radius 2 is 1.61 bits per heavy atom. The van der Waals surface area contributed by atoms with E-state index in [2.05, 4.69) is 4.90 Å². The van der Waals surface area contributed by atoms with Crippen molar-refractivity contribution in [2.75, 3.05) is 39.8 Å². The summed E-state index contributed by atoms with van der Waals surface area (Å²) in [6, 6.07) is 15.0. The predicted octanol–water partition coefficient (Wildman–Crippen LogP) is 5.48. The lowest BCUT2D eigenvalue weighted by Gasteiger charge is -2.36. The van der Waals surface area contributed by atoms with E-state index in [1.807, 2.05) is 12.1 Å². The highest BCUT2D eigenvalue weighted by atomic mass is 35.5. The van der Waals surface area contributed by atoms with Crippen molar-refractivity contribution in [1.29, 1.82) is 0 Å². The SMILES string of the molecule is COc1ccc(C(=O)N2CCN(C[C@H](OCc3c(F)cccc3F)c3ccc(Cl)cc3)CC2)cc1F. The minimum Gasteiger partial charge on any atom is -0.494 e. The van der Waals surface area contributed by atoms with Gasteiger partial charge in [0.1, 0.15) is 11.6 Å². The summed E-state index contributed by atoms with van der Waals surface area (Å²) in [5.74, 6) is -2.08. The second-order valence-electron chi connectivity index (χ2n) is 8.49. The van der Waals surface area contributed by atoms with E-state index in [1.54, 1.807) is 23.1 Å². The Bertz CT molecular complexity index is 1180. The van der Waals surface area contributed by atoms with Crippen molar-refractivity contribution >= 4 is 17.5 Å². The minimum absolute atomic E-state index is 0.0832. The van der Waals surface area contributed by atoms with Crippen LogP contribution in [0, 0.1) is 17.5 Å². The van der Waals surface area contributed by atoms with Gasteiger partial charge in [0.15, 0.2) is 11.6 Å². The van der Waals surface area contributed by atoms with Gasteiger partial charge in [-0.05, 0) is 48.0 Å². The topological polar surface area (TPSA) is 42.0 Å². The van der Waals surface area contributed by atoms with Crippen LogP contribution in [0.15, 0.2) is 60.7 Å². The van der Waals surface area contributed by atoms with Crippen LogP contribution >= 0.6 is 11.6 Å². The van der Waals surface area contributed by atoms with E-state index in [1.165, 1.54) is 37.4 Å². The number of methoxy groups -OCH3 is 1. The van der Waals surface area contributed by atoms with Gasteiger partial charge in [-0.15, -0.1) is 0 Å². The number of piperazine rings is 1. The van der Waals surface area contributed by atoms with Crippen molar-refractivity contribution in [3.8, 4) is 5.75 Å². The number of rotatable bonds is 8. The third-order valence-electron chi connectivity index (χ3n) is 6.21. The monoisotopic (exact) mass is 518 g/mol. The molecule has 1 aliphatic heterocycles. The molecule has 0 aromatic heterocycles. The van der Waals surface area contributed by atoms with Crippen molar-refractivity contribution in [2.24, 2.45) is 0 Å². The lowest BCUT2D eigenvalue weighted by molar-refractivity contribution is 0.00144. The van der Waals surface area contributed by atoms with Crippen molar-refractivity contribution < 1.29 is 27.4 Å². The normalized spacial score (nSPS) is 15.1. The fourth-order valence-electron chi connectivity index (χ4n) is 4.14.